The Balaban J connectivity index is 2.09. The van der Waals surface area contributed by atoms with Gasteiger partial charge in [0, 0.05) is 13.2 Å². The van der Waals surface area contributed by atoms with E-state index in [2.05, 4.69) is 0 Å². The molecule has 160 valence electrons. The molecular formula is C20H25F7O. The summed E-state index contributed by atoms with van der Waals surface area (Å²) in [6, 6.07) is 1.57. The molecule has 3 atom stereocenters. The van der Waals surface area contributed by atoms with Gasteiger partial charge in [-0.25, -0.2) is 4.39 Å². The molecule has 0 N–H and O–H groups in total. The fraction of sp³-hybridized carbons (Fsp3) is 0.700. The van der Waals surface area contributed by atoms with E-state index in [-0.39, 0.29) is 30.4 Å². The van der Waals surface area contributed by atoms with E-state index in [1.807, 2.05) is 6.92 Å². The molecule has 1 fully saturated rings. The fourth-order valence-corrected chi connectivity index (χ4v) is 3.70. The summed E-state index contributed by atoms with van der Waals surface area (Å²) in [6.45, 7) is 2.96. The lowest BCUT2D eigenvalue weighted by atomic mass is 9.89. The normalized spacial score (nSPS) is 23.4. The first-order chi connectivity index (χ1) is 13.0. The zero-order valence-corrected chi connectivity index (χ0v) is 15.7. The minimum absolute atomic E-state index is 0.0381. The molecule has 0 aliphatic heterocycles. The second-order valence-corrected chi connectivity index (χ2v) is 7.40. The molecule has 2 rings (SSSR count). The minimum atomic E-state index is -4.87. The molecule has 0 aromatic heterocycles. The topological polar surface area (TPSA) is 9.23 Å². The number of alkyl halides is 7. The number of unbranched alkanes of at least 4 members (excludes halogenated alkanes) is 1. The Morgan fingerprint density at radius 2 is 1.57 bits per heavy atom. The van der Waals surface area contributed by atoms with Gasteiger partial charge in [0.1, 0.15) is 6.17 Å². The first-order valence-corrected chi connectivity index (χ1v) is 9.52. The van der Waals surface area contributed by atoms with Gasteiger partial charge < -0.3 is 4.74 Å². The van der Waals surface area contributed by atoms with Crippen molar-refractivity contribution in [2.45, 2.75) is 64.0 Å². The van der Waals surface area contributed by atoms with E-state index in [0.29, 0.717) is 26.1 Å². The molecule has 0 amide bonds. The molecule has 0 radical (unpaired) electrons. The fourth-order valence-electron chi connectivity index (χ4n) is 3.70. The number of ether oxygens (including phenoxy) is 1. The molecule has 1 unspecified atom stereocenters. The average molecular weight is 414 g/mol. The van der Waals surface area contributed by atoms with Crippen LogP contribution in [0.3, 0.4) is 0 Å². The molecule has 1 aliphatic carbocycles. The van der Waals surface area contributed by atoms with E-state index in [0.717, 1.165) is 25.0 Å². The maximum atomic E-state index is 14.2. The van der Waals surface area contributed by atoms with Gasteiger partial charge >= 0.3 is 12.4 Å². The lowest BCUT2D eigenvalue weighted by molar-refractivity contribution is -0.143. The number of aryl methyl sites for hydroxylation is 1. The Hall–Kier alpha value is -1.31. The Bertz CT molecular complexity index is 592. The standard InChI is InChI=1S/C20H25F7O/c1-2-3-8-28-12-14-5-7-18(21)17(14)6-4-13-9-15(19(22,23)24)11-16(10-13)20(25,26)27/h9-11,14,17-18H,2-8,12H2,1H3/t14-,17-,18?/m1/s1. The van der Waals surface area contributed by atoms with Crippen molar-refractivity contribution < 1.29 is 35.5 Å². The highest BCUT2D eigenvalue weighted by molar-refractivity contribution is 5.33. The molecule has 28 heavy (non-hydrogen) atoms. The predicted molar refractivity (Wildman–Crippen MR) is 91.6 cm³/mol. The second-order valence-electron chi connectivity index (χ2n) is 7.40. The molecular weight excluding hydrogens is 389 g/mol. The average Bonchev–Trinajstić information content (AvgIpc) is 2.95. The van der Waals surface area contributed by atoms with Crippen LogP contribution in [-0.4, -0.2) is 19.4 Å². The van der Waals surface area contributed by atoms with Gasteiger partial charge in [-0.2, -0.15) is 26.3 Å². The van der Waals surface area contributed by atoms with Crippen molar-refractivity contribution >= 4 is 0 Å². The lowest BCUT2D eigenvalue weighted by Crippen LogP contribution is -2.21. The molecule has 0 heterocycles. The summed E-state index contributed by atoms with van der Waals surface area (Å²) in [5.74, 6) is -0.467. The van der Waals surface area contributed by atoms with Crippen LogP contribution in [0, 0.1) is 11.8 Å². The van der Waals surface area contributed by atoms with Crippen LogP contribution >= 0.6 is 0 Å². The van der Waals surface area contributed by atoms with Crippen molar-refractivity contribution in [1.29, 1.82) is 0 Å². The Kier molecular flexibility index (Phi) is 7.76. The monoisotopic (exact) mass is 414 g/mol. The highest BCUT2D eigenvalue weighted by Crippen LogP contribution is 2.39. The molecule has 1 aliphatic rings. The molecule has 8 heteroatoms. The predicted octanol–water partition coefficient (Wildman–Crippen LogP) is 6.84. The molecule has 1 aromatic rings. The van der Waals surface area contributed by atoms with Crippen LogP contribution in [0.1, 0.15) is 55.7 Å². The number of halogens is 7. The number of hydrogen-bond donors (Lipinski definition) is 0. The Morgan fingerprint density at radius 3 is 2.11 bits per heavy atom. The van der Waals surface area contributed by atoms with Gasteiger partial charge in [-0.1, -0.05) is 13.3 Å². The van der Waals surface area contributed by atoms with Gasteiger partial charge in [-0.15, -0.1) is 0 Å². The van der Waals surface area contributed by atoms with Crippen LogP contribution in [0.15, 0.2) is 18.2 Å². The highest BCUT2D eigenvalue weighted by atomic mass is 19.4. The van der Waals surface area contributed by atoms with Gasteiger partial charge in [0.25, 0.3) is 0 Å². The van der Waals surface area contributed by atoms with Crippen LogP contribution in [0.4, 0.5) is 30.7 Å². The van der Waals surface area contributed by atoms with Crippen LogP contribution < -0.4 is 0 Å². The summed E-state index contributed by atoms with van der Waals surface area (Å²) in [5.41, 5.74) is -2.74. The largest absolute Gasteiger partial charge is 0.416 e. The second kappa shape index (κ2) is 9.46. The van der Waals surface area contributed by atoms with Gasteiger partial charge in [-0.05, 0) is 67.7 Å². The van der Waals surface area contributed by atoms with Gasteiger partial charge in [-0.3, -0.25) is 0 Å². The van der Waals surface area contributed by atoms with Crippen molar-refractivity contribution in [1.82, 2.24) is 0 Å². The molecule has 1 nitrogen and oxygen atoms in total. The maximum absolute atomic E-state index is 14.2. The third-order valence-corrected chi connectivity index (χ3v) is 5.27. The first kappa shape index (κ1) is 23.0. The third kappa shape index (κ3) is 6.36. The van der Waals surface area contributed by atoms with Gasteiger partial charge in [0.15, 0.2) is 0 Å². The molecule has 1 saturated carbocycles. The van der Waals surface area contributed by atoms with E-state index in [9.17, 15) is 30.7 Å². The van der Waals surface area contributed by atoms with E-state index in [1.54, 1.807) is 0 Å². The van der Waals surface area contributed by atoms with E-state index < -0.39 is 35.6 Å². The molecule has 1 aromatic carbocycles. The summed E-state index contributed by atoms with van der Waals surface area (Å²) in [7, 11) is 0. The van der Waals surface area contributed by atoms with Crippen LogP contribution in [0.5, 0.6) is 0 Å². The number of rotatable bonds is 8. The number of benzene rings is 1. The maximum Gasteiger partial charge on any atom is 0.416 e. The van der Waals surface area contributed by atoms with Crippen LogP contribution in [0.2, 0.25) is 0 Å². The summed E-state index contributed by atoms with van der Waals surface area (Å²) in [5, 5.41) is 0. The van der Waals surface area contributed by atoms with Crippen molar-refractivity contribution in [3.63, 3.8) is 0 Å². The van der Waals surface area contributed by atoms with Gasteiger partial charge in [0.2, 0.25) is 0 Å². The highest BCUT2D eigenvalue weighted by Gasteiger charge is 2.38. The quantitative estimate of drug-likeness (QED) is 0.334. The molecule has 0 spiro atoms. The lowest BCUT2D eigenvalue weighted by Gasteiger charge is -2.22. The van der Waals surface area contributed by atoms with Crippen LogP contribution in [-0.2, 0) is 23.5 Å². The SMILES string of the molecule is CCCCOC[C@H]1CCC(F)[C@@H]1CCc1cc(C(F)(F)F)cc(C(F)(F)F)c1. The van der Waals surface area contributed by atoms with Crippen molar-refractivity contribution in [2.24, 2.45) is 11.8 Å². The van der Waals surface area contributed by atoms with Crippen LogP contribution in [0.25, 0.3) is 0 Å². The Morgan fingerprint density at radius 1 is 0.964 bits per heavy atom. The minimum Gasteiger partial charge on any atom is -0.381 e. The smallest absolute Gasteiger partial charge is 0.381 e. The summed E-state index contributed by atoms with van der Waals surface area (Å²) >= 11 is 0. The summed E-state index contributed by atoms with van der Waals surface area (Å²) < 4.78 is 97.5. The molecule has 0 bridgehead atoms. The van der Waals surface area contributed by atoms with Crippen molar-refractivity contribution in [2.75, 3.05) is 13.2 Å². The van der Waals surface area contributed by atoms with E-state index in [1.165, 1.54) is 0 Å². The zero-order chi connectivity index (χ0) is 20.9. The van der Waals surface area contributed by atoms with Crippen molar-refractivity contribution in [3.05, 3.63) is 34.9 Å². The first-order valence-electron chi connectivity index (χ1n) is 9.52. The number of hydrogen-bond acceptors (Lipinski definition) is 1. The zero-order valence-electron chi connectivity index (χ0n) is 15.7. The van der Waals surface area contributed by atoms with E-state index >= 15 is 0 Å². The molecule has 0 saturated heterocycles. The summed E-state index contributed by atoms with van der Waals surface area (Å²) in [4.78, 5) is 0. The van der Waals surface area contributed by atoms with Crippen molar-refractivity contribution in [3.8, 4) is 0 Å². The van der Waals surface area contributed by atoms with E-state index in [4.69, 9.17) is 4.74 Å². The third-order valence-electron chi connectivity index (χ3n) is 5.27. The van der Waals surface area contributed by atoms with Gasteiger partial charge in [0.05, 0.1) is 11.1 Å². The summed E-state index contributed by atoms with van der Waals surface area (Å²) in [6.07, 6.45) is -7.86. The Labute approximate surface area is 160 Å².